The lowest BCUT2D eigenvalue weighted by Crippen LogP contribution is -2.42. The van der Waals surface area contributed by atoms with Crippen LogP contribution in [-0.4, -0.2) is 47.2 Å². The van der Waals surface area contributed by atoms with Crippen LogP contribution in [0.5, 0.6) is 0 Å². The number of ketones is 2. The van der Waals surface area contributed by atoms with Crippen molar-refractivity contribution in [2.24, 2.45) is 0 Å². The van der Waals surface area contributed by atoms with Crippen molar-refractivity contribution in [3.8, 4) is 11.1 Å². The molecule has 3 aromatic carbocycles. The number of Topliss-reactive ketones (excluding diaryl/α,β-unsaturated/α-hetero) is 1. The number of anilines is 1. The molecule has 0 amide bonds. The van der Waals surface area contributed by atoms with Crippen molar-refractivity contribution in [3.63, 3.8) is 0 Å². The zero-order chi connectivity index (χ0) is 23.7. The SMILES string of the molecule is Cc1cccc(CO)c1NC1CCN(CC(=O)Cc2ccc3c(c2)-c2ccccc2C3=O)CC1. The van der Waals surface area contributed by atoms with Crippen molar-refractivity contribution in [2.75, 3.05) is 25.0 Å². The first-order chi connectivity index (χ1) is 16.5. The van der Waals surface area contributed by atoms with Crippen LogP contribution in [0.25, 0.3) is 11.1 Å². The molecule has 34 heavy (non-hydrogen) atoms. The molecule has 1 aliphatic heterocycles. The fraction of sp³-hybridized carbons (Fsp3) is 0.310. The number of carbonyl (C=O) groups excluding carboxylic acids is 2. The Bertz CT molecular complexity index is 1240. The van der Waals surface area contributed by atoms with E-state index >= 15 is 0 Å². The number of benzene rings is 3. The topological polar surface area (TPSA) is 69.6 Å². The summed E-state index contributed by atoms with van der Waals surface area (Å²) in [6, 6.07) is 19.8. The van der Waals surface area contributed by atoms with E-state index in [1.165, 1.54) is 0 Å². The number of nitrogens with zero attached hydrogens (tertiary/aromatic N) is 1. The molecule has 1 saturated heterocycles. The zero-order valence-corrected chi connectivity index (χ0v) is 19.5. The minimum Gasteiger partial charge on any atom is -0.392 e. The van der Waals surface area contributed by atoms with E-state index in [4.69, 9.17) is 0 Å². The Balaban J connectivity index is 1.17. The smallest absolute Gasteiger partial charge is 0.194 e. The van der Waals surface area contributed by atoms with Crippen molar-refractivity contribution in [1.29, 1.82) is 0 Å². The Morgan fingerprint density at radius 2 is 1.71 bits per heavy atom. The van der Waals surface area contributed by atoms with Gasteiger partial charge >= 0.3 is 0 Å². The highest BCUT2D eigenvalue weighted by molar-refractivity contribution is 6.21. The maximum atomic E-state index is 12.8. The fourth-order valence-electron chi connectivity index (χ4n) is 5.22. The lowest BCUT2D eigenvalue weighted by molar-refractivity contribution is -0.119. The standard InChI is InChI=1S/C29H30N2O3/c1-19-5-4-6-21(18-32)28(19)30-22-11-13-31(14-12-22)17-23(33)15-20-9-10-26-27(16-20)24-7-2-3-8-25(24)29(26)34/h2-10,16,22,30,32H,11-15,17-18H2,1H3. The normalized spacial score (nSPS) is 15.8. The van der Waals surface area contributed by atoms with Crippen molar-refractivity contribution >= 4 is 17.3 Å². The average molecular weight is 455 g/mol. The molecule has 1 fully saturated rings. The molecular formula is C29H30N2O3. The summed E-state index contributed by atoms with van der Waals surface area (Å²) < 4.78 is 0. The second kappa shape index (κ2) is 9.53. The van der Waals surface area contributed by atoms with Gasteiger partial charge in [-0.3, -0.25) is 14.5 Å². The molecular weight excluding hydrogens is 424 g/mol. The van der Waals surface area contributed by atoms with Gasteiger partial charge in [0.15, 0.2) is 11.6 Å². The van der Waals surface area contributed by atoms with Gasteiger partial charge in [-0.25, -0.2) is 0 Å². The zero-order valence-electron chi connectivity index (χ0n) is 19.5. The van der Waals surface area contributed by atoms with Crippen molar-refractivity contribution in [3.05, 3.63) is 88.5 Å². The first-order valence-electron chi connectivity index (χ1n) is 12.0. The summed E-state index contributed by atoms with van der Waals surface area (Å²) in [4.78, 5) is 27.7. The van der Waals surface area contributed by atoms with Crippen LogP contribution in [0.2, 0.25) is 0 Å². The third-order valence-electron chi connectivity index (χ3n) is 7.06. The van der Waals surface area contributed by atoms with Gasteiger partial charge in [-0.05, 0) is 48.1 Å². The van der Waals surface area contributed by atoms with Crippen LogP contribution in [-0.2, 0) is 17.8 Å². The van der Waals surface area contributed by atoms with E-state index in [0.717, 1.165) is 70.6 Å². The van der Waals surface area contributed by atoms with Crippen LogP contribution < -0.4 is 5.32 Å². The Kier molecular flexibility index (Phi) is 6.31. The largest absolute Gasteiger partial charge is 0.392 e. The quantitative estimate of drug-likeness (QED) is 0.434. The Morgan fingerprint density at radius 3 is 2.47 bits per heavy atom. The van der Waals surface area contributed by atoms with Gasteiger partial charge in [-0.2, -0.15) is 0 Å². The number of aryl methyl sites for hydroxylation is 1. The molecule has 0 bridgehead atoms. The van der Waals surface area contributed by atoms with Crippen molar-refractivity contribution < 1.29 is 14.7 Å². The van der Waals surface area contributed by atoms with Crippen molar-refractivity contribution in [2.45, 2.75) is 38.8 Å². The lowest BCUT2D eigenvalue weighted by Gasteiger charge is -2.33. The molecule has 174 valence electrons. The van der Waals surface area contributed by atoms with Crippen LogP contribution in [0.3, 0.4) is 0 Å². The summed E-state index contributed by atoms with van der Waals surface area (Å²) in [5.41, 5.74) is 7.44. The number of rotatable bonds is 7. The minimum absolute atomic E-state index is 0.0276. The van der Waals surface area contributed by atoms with Gasteiger partial charge in [0.25, 0.3) is 0 Å². The number of piperidine rings is 1. The summed E-state index contributed by atoms with van der Waals surface area (Å²) in [6.07, 6.45) is 2.30. The van der Waals surface area contributed by atoms with Crippen LogP contribution in [0, 0.1) is 6.92 Å². The number of fused-ring (bicyclic) bond motifs is 3. The van der Waals surface area contributed by atoms with E-state index in [2.05, 4.69) is 23.2 Å². The molecule has 5 nitrogen and oxygen atoms in total. The number of likely N-dealkylation sites (tertiary alicyclic amines) is 1. The Hall–Kier alpha value is -3.28. The monoisotopic (exact) mass is 454 g/mol. The van der Waals surface area contributed by atoms with Gasteiger partial charge in [0.1, 0.15) is 0 Å². The maximum Gasteiger partial charge on any atom is 0.194 e. The second-order valence-electron chi connectivity index (χ2n) is 9.43. The molecule has 0 radical (unpaired) electrons. The van der Waals surface area contributed by atoms with Crippen LogP contribution in [0.15, 0.2) is 60.7 Å². The van der Waals surface area contributed by atoms with Crippen LogP contribution >= 0.6 is 0 Å². The molecule has 3 aromatic rings. The number of aliphatic hydroxyl groups excluding tert-OH is 1. The van der Waals surface area contributed by atoms with E-state index in [0.29, 0.717) is 19.0 Å². The van der Waals surface area contributed by atoms with E-state index in [1.54, 1.807) is 0 Å². The first kappa shape index (κ1) is 22.5. The summed E-state index contributed by atoms with van der Waals surface area (Å²) in [7, 11) is 0. The van der Waals surface area contributed by atoms with E-state index in [1.807, 2.05) is 54.6 Å². The van der Waals surface area contributed by atoms with Gasteiger partial charge in [0.2, 0.25) is 0 Å². The Morgan fingerprint density at radius 1 is 0.971 bits per heavy atom. The second-order valence-corrected chi connectivity index (χ2v) is 9.43. The van der Waals surface area contributed by atoms with Crippen LogP contribution in [0.1, 0.15) is 45.5 Å². The third-order valence-corrected chi connectivity index (χ3v) is 7.06. The molecule has 0 atom stereocenters. The van der Waals surface area contributed by atoms with Crippen molar-refractivity contribution in [1.82, 2.24) is 4.90 Å². The predicted octanol–water partition coefficient (Wildman–Crippen LogP) is 4.39. The molecule has 0 spiro atoms. The maximum absolute atomic E-state index is 12.8. The number of hydrogen-bond donors (Lipinski definition) is 2. The molecule has 0 aromatic heterocycles. The van der Waals surface area contributed by atoms with Gasteiger partial charge in [0, 0.05) is 47.9 Å². The predicted molar refractivity (Wildman–Crippen MR) is 134 cm³/mol. The van der Waals surface area contributed by atoms with Gasteiger partial charge in [-0.1, -0.05) is 54.6 Å². The minimum atomic E-state index is 0.0276. The first-order valence-corrected chi connectivity index (χ1v) is 12.0. The molecule has 5 rings (SSSR count). The van der Waals surface area contributed by atoms with E-state index in [9.17, 15) is 14.7 Å². The van der Waals surface area contributed by atoms with E-state index < -0.39 is 0 Å². The highest BCUT2D eigenvalue weighted by Gasteiger charge is 2.27. The van der Waals surface area contributed by atoms with Gasteiger partial charge in [0.05, 0.1) is 13.2 Å². The number of para-hydroxylation sites is 1. The van der Waals surface area contributed by atoms with Crippen LogP contribution in [0.4, 0.5) is 5.69 Å². The number of nitrogens with one attached hydrogen (secondary N) is 1. The molecule has 2 N–H and O–H groups in total. The average Bonchev–Trinajstić information content (AvgIpc) is 3.13. The summed E-state index contributed by atoms with van der Waals surface area (Å²) in [6.45, 7) is 4.28. The lowest BCUT2D eigenvalue weighted by atomic mass is 9.99. The number of hydrogen-bond acceptors (Lipinski definition) is 5. The molecule has 1 heterocycles. The van der Waals surface area contributed by atoms with E-state index in [-0.39, 0.29) is 18.2 Å². The number of aliphatic hydroxyl groups is 1. The third kappa shape index (κ3) is 4.41. The Labute approximate surface area is 200 Å². The molecule has 1 aliphatic carbocycles. The van der Waals surface area contributed by atoms with Gasteiger partial charge < -0.3 is 10.4 Å². The van der Waals surface area contributed by atoms with Gasteiger partial charge in [-0.15, -0.1) is 0 Å². The fourth-order valence-corrected chi connectivity index (χ4v) is 5.22. The number of carbonyl (C=O) groups is 2. The molecule has 0 saturated carbocycles. The summed E-state index contributed by atoms with van der Waals surface area (Å²) in [5, 5.41) is 13.3. The molecule has 2 aliphatic rings. The highest BCUT2D eigenvalue weighted by Crippen LogP contribution is 2.37. The highest BCUT2D eigenvalue weighted by atomic mass is 16.3. The molecule has 0 unspecified atom stereocenters. The summed E-state index contributed by atoms with van der Waals surface area (Å²) >= 11 is 0. The summed E-state index contributed by atoms with van der Waals surface area (Å²) in [5.74, 6) is 0.266. The molecule has 5 heteroatoms.